The predicted octanol–water partition coefficient (Wildman–Crippen LogP) is 2.12. The lowest BCUT2D eigenvalue weighted by atomic mass is 10.2. The van der Waals surface area contributed by atoms with Crippen LogP contribution in [0.1, 0.15) is 17.3 Å². The van der Waals surface area contributed by atoms with Gasteiger partial charge >= 0.3 is 6.18 Å². The van der Waals surface area contributed by atoms with Crippen LogP contribution in [0.3, 0.4) is 0 Å². The van der Waals surface area contributed by atoms with E-state index in [9.17, 15) is 18.0 Å². The van der Waals surface area contributed by atoms with Crippen LogP contribution in [0.2, 0.25) is 0 Å². The molecule has 2 N–H and O–H groups in total. The van der Waals surface area contributed by atoms with Gasteiger partial charge in [-0.05, 0) is 31.2 Å². The molecular formula is C10H10F3NO2. The fourth-order valence-electron chi connectivity index (χ4n) is 0.969. The molecule has 1 unspecified atom stereocenters. The molecule has 0 aliphatic heterocycles. The van der Waals surface area contributed by atoms with E-state index in [0.717, 1.165) is 6.92 Å². The highest BCUT2D eigenvalue weighted by atomic mass is 19.4. The minimum atomic E-state index is -4.41. The van der Waals surface area contributed by atoms with E-state index in [1.165, 1.54) is 24.3 Å². The standard InChI is InChI=1S/C10H10F3NO2/c1-6(10(11,12)13)16-8-4-2-7(3-5-8)9(14)15/h2-6H,1H3,(H2,14,15). The zero-order valence-electron chi connectivity index (χ0n) is 8.41. The number of alkyl halides is 3. The number of benzene rings is 1. The van der Waals surface area contributed by atoms with E-state index in [1.807, 2.05) is 0 Å². The van der Waals surface area contributed by atoms with E-state index in [0.29, 0.717) is 0 Å². The molecule has 6 heteroatoms. The third kappa shape index (κ3) is 3.15. The predicted molar refractivity (Wildman–Crippen MR) is 51.1 cm³/mol. The van der Waals surface area contributed by atoms with Crippen LogP contribution in [0.15, 0.2) is 24.3 Å². The molecule has 1 amide bonds. The first-order valence-electron chi connectivity index (χ1n) is 4.44. The van der Waals surface area contributed by atoms with E-state index in [4.69, 9.17) is 5.73 Å². The highest BCUT2D eigenvalue weighted by Gasteiger charge is 2.37. The van der Waals surface area contributed by atoms with Crippen molar-refractivity contribution in [1.82, 2.24) is 0 Å². The Morgan fingerprint density at radius 2 is 1.81 bits per heavy atom. The Balaban J connectivity index is 2.73. The number of hydrogen-bond acceptors (Lipinski definition) is 2. The number of amides is 1. The van der Waals surface area contributed by atoms with Crippen LogP contribution in [0, 0.1) is 0 Å². The molecule has 0 aliphatic rings. The molecule has 0 aliphatic carbocycles. The van der Waals surface area contributed by atoms with Crippen LogP contribution in [-0.4, -0.2) is 18.2 Å². The summed E-state index contributed by atoms with van der Waals surface area (Å²) < 4.78 is 41.1. The first-order chi connectivity index (χ1) is 7.30. The van der Waals surface area contributed by atoms with Crippen molar-refractivity contribution >= 4 is 5.91 Å². The Hall–Kier alpha value is -1.72. The van der Waals surface area contributed by atoms with Crippen molar-refractivity contribution in [3.8, 4) is 5.75 Å². The molecule has 0 heterocycles. The molecule has 0 spiro atoms. The van der Waals surface area contributed by atoms with Gasteiger partial charge in [0.2, 0.25) is 5.91 Å². The SMILES string of the molecule is CC(Oc1ccc(C(N)=O)cc1)C(F)(F)F. The fraction of sp³-hybridized carbons (Fsp3) is 0.300. The maximum Gasteiger partial charge on any atom is 0.425 e. The average molecular weight is 233 g/mol. The van der Waals surface area contributed by atoms with Gasteiger partial charge in [-0.2, -0.15) is 13.2 Å². The van der Waals surface area contributed by atoms with Crippen LogP contribution in [0.5, 0.6) is 5.75 Å². The van der Waals surface area contributed by atoms with Crippen LogP contribution >= 0.6 is 0 Å². The number of carbonyl (C=O) groups excluding carboxylic acids is 1. The molecule has 0 bridgehead atoms. The first kappa shape index (κ1) is 12.4. The second-order valence-corrected chi connectivity index (χ2v) is 3.19. The van der Waals surface area contributed by atoms with Crippen LogP contribution in [0.25, 0.3) is 0 Å². The highest BCUT2D eigenvalue weighted by Crippen LogP contribution is 2.24. The minimum absolute atomic E-state index is 0.0369. The summed E-state index contributed by atoms with van der Waals surface area (Å²) in [5.74, 6) is -0.606. The lowest BCUT2D eigenvalue weighted by Crippen LogP contribution is -2.31. The van der Waals surface area contributed by atoms with Gasteiger partial charge in [0.25, 0.3) is 0 Å². The zero-order chi connectivity index (χ0) is 12.3. The van der Waals surface area contributed by atoms with Crippen molar-refractivity contribution in [2.24, 2.45) is 5.73 Å². The van der Waals surface area contributed by atoms with Crippen LogP contribution in [-0.2, 0) is 0 Å². The molecule has 88 valence electrons. The van der Waals surface area contributed by atoms with E-state index in [2.05, 4.69) is 4.74 Å². The number of rotatable bonds is 3. The van der Waals surface area contributed by atoms with Gasteiger partial charge in [-0.1, -0.05) is 0 Å². The van der Waals surface area contributed by atoms with Gasteiger partial charge in [0.1, 0.15) is 5.75 Å². The normalized spacial score (nSPS) is 13.2. The van der Waals surface area contributed by atoms with Crippen molar-refractivity contribution in [3.63, 3.8) is 0 Å². The Labute approximate surface area is 90.0 Å². The quantitative estimate of drug-likeness (QED) is 0.869. The number of primary amides is 1. The summed E-state index contributed by atoms with van der Waals surface area (Å²) in [5.41, 5.74) is 5.19. The van der Waals surface area contributed by atoms with Gasteiger partial charge in [0.05, 0.1) is 0 Å². The number of nitrogens with two attached hydrogens (primary N) is 1. The minimum Gasteiger partial charge on any atom is -0.481 e. The summed E-state index contributed by atoms with van der Waals surface area (Å²) >= 11 is 0. The molecule has 3 nitrogen and oxygen atoms in total. The monoisotopic (exact) mass is 233 g/mol. The van der Waals surface area contributed by atoms with Crippen molar-refractivity contribution in [1.29, 1.82) is 0 Å². The number of carbonyl (C=O) groups is 1. The van der Waals surface area contributed by atoms with Crippen molar-refractivity contribution < 1.29 is 22.7 Å². The Bertz CT molecular complexity index is 373. The third-order valence-electron chi connectivity index (χ3n) is 1.91. The third-order valence-corrected chi connectivity index (χ3v) is 1.91. The molecule has 1 atom stereocenters. The molecule has 0 radical (unpaired) electrons. The maximum absolute atomic E-state index is 12.1. The topological polar surface area (TPSA) is 52.3 Å². The lowest BCUT2D eigenvalue weighted by Gasteiger charge is -2.17. The van der Waals surface area contributed by atoms with Gasteiger partial charge < -0.3 is 10.5 Å². The maximum atomic E-state index is 12.1. The smallest absolute Gasteiger partial charge is 0.425 e. The van der Waals surface area contributed by atoms with Crippen LogP contribution < -0.4 is 10.5 Å². The summed E-state index contributed by atoms with van der Waals surface area (Å²) in [6.45, 7) is 0.905. The van der Waals surface area contributed by atoms with Crippen LogP contribution in [0.4, 0.5) is 13.2 Å². The molecule has 0 aromatic heterocycles. The molecule has 16 heavy (non-hydrogen) atoms. The number of hydrogen-bond donors (Lipinski definition) is 1. The molecule has 0 saturated carbocycles. The van der Waals surface area contributed by atoms with Gasteiger partial charge in [-0.15, -0.1) is 0 Å². The van der Waals surface area contributed by atoms with Gasteiger partial charge in [0, 0.05) is 5.56 Å². The van der Waals surface area contributed by atoms with Gasteiger partial charge in [-0.3, -0.25) is 4.79 Å². The molecule has 1 rings (SSSR count). The highest BCUT2D eigenvalue weighted by molar-refractivity contribution is 5.92. The molecule has 1 aromatic carbocycles. The average Bonchev–Trinajstić information content (AvgIpc) is 2.17. The number of ether oxygens (including phenoxy) is 1. The Morgan fingerprint density at radius 3 is 2.19 bits per heavy atom. The second kappa shape index (κ2) is 4.42. The number of halogens is 3. The van der Waals surface area contributed by atoms with Crippen molar-refractivity contribution in [2.45, 2.75) is 19.2 Å². The molecular weight excluding hydrogens is 223 g/mol. The summed E-state index contributed by atoms with van der Waals surface area (Å²) in [6.07, 6.45) is -6.31. The van der Waals surface area contributed by atoms with Crippen molar-refractivity contribution in [3.05, 3.63) is 29.8 Å². The summed E-state index contributed by atoms with van der Waals surface area (Å²) in [4.78, 5) is 10.7. The van der Waals surface area contributed by atoms with E-state index in [1.54, 1.807) is 0 Å². The summed E-state index contributed by atoms with van der Waals surface area (Å²) in [5, 5.41) is 0. The van der Waals surface area contributed by atoms with E-state index < -0.39 is 18.2 Å². The van der Waals surface area contributed by atoms with Crippen molar-refractivity contribution in [2.75, 3.05) is 0 Å². The molecule has 0 fully saturated rings. The van der Waals surface area contributed by atoms with E-state index >= 15 is 0 Å². The summed E-state index contributed by atoms with van der Waals surface area (Å²) in [7, 11) is 0. The largest absolute Gasteiger partial charge is 0.481 e. The fourth-order valence-corrected chi connectivity index (χ4v) is 0.969. The Morgan fingerprint density at radius 1 is 1.31 bits per heavy atom. The first-order valence-corrected chi connectivity index (χ1v) is 4.44. The van der Waals surface area contributed by atoms with Gasteiger partial charge in [-0.25, -0.2) is 0 Å². The molecule has 0 saturated heterocycles. The molecule has 1 aromatic rings. The lowest BCUT2D eigenvalue weighted by molar-refractivity contribution is -0.189. The van der Waals surface area contributed by atoms with Gasteiger partial charge in [0.15, 0.2) is 6.10 Å². The Kier molecular flexibility index (Phi) is 3.41. The summed E-state index contributed by atoms with van der Waals surface area (Å²) in [6, 6.07) is 5.15. The second-order valence-electron chi connectivity index (χ2n) is 3.19. The van der Waals surface area contributed by atoms with E-state index in [-0.39, 0.29) is 11.3 Å². The zero-order valence-corrected chi connectivity index (χ0v) is 8.41.